The third-order valence-corrected chi connectivity index (χ3v) is 5.69. The van der Waals surface area contributed by atoms with Crippen molar-refractivity contribution < 1.29 is 0 Å². The molecule has 1 saturated heterocycles. The van der Waals surface area contributed by atoms with E-state index in [2.05, 4.69) is 41.1 Å². The van der Waals surface area contributed by atoms with Gasteiger partial charge in [-0.15, -0.1) is 11.8 Å². The molecule has 18 heavy (non-hydrogen) atoms. The number of fused-ring (bicyclic) bond motifs is 5. The van der Waals surface area contributed by atoms with Gasteiger partial charge in [-0.3, -0.25) is 4.90 Å². The molecule has 0 radical (unpaired) electrons. The zero-order valence-electron chi connectivity index (χ0n) is 10.7. The van der Waals surface area contributed by atoms with E-state index < -0.39 is 0 Å². The Hall–Kier alpha value is -0.930. The molecule has 2 aliphatic heterocycles. The first-order valence-corrected chi connectivity index (χ1v) is 7.77. The van der Waals surface area contributed by atoms with Crippen LogP contribution in [-0.4, -0.2) is 28.7 Å². The SMILES string of the molecule is C[C@@]12CCCN1CCSc1c2[nH]c2ccccc12. The van der Waals surface area contributed by atoms with Gasteiger partial charge in [-0.1, -0.05) is 18.2 Å². The summed E-state index contributed by atoms with van der Waals surface area (Å²) in [7, 11) is 0. The number of nitrogens with zero attached hydrogens (tertiary/aromatic N) is 1. The predicted octanol–water partition coefficient (Wildman–Crippen LogP) is 3.58. The molecule has 1 fully saturated rings. The quantitative estimate of drug-likeness (QED) is 0.779. The van der Waals surface area contributed by atoms with Gasteiger partial charge >= 0.3 is 0 Å². The second-order valence-corrected chi connectivity index (χ2v) is 6.69. The summed E-state index contributed by atoms with van der Waals surface area (Å²) in [5.74, 6) is 1.21. The molecule has 3 heterocycles. The van der Waals surface area contributed by atoms with Crippen molar-refractivity contribution in [3.63, 3.8) is 0 Å². The lowest BCUT2D eigenvalue weighted by molar-refractivity contribution is 0.162. The van der Waals surface area contributed by atoms with E-state index in [1.54, 1.807) is 0 Å². The number of thioether (sulfide) groups is 1. The molecule has 94 valence electrons. The molecule has 1 aromatic carbocycles. The van der Waals surface area contributed by atoms with Gasteiger partial charge < -0.3 is 4.98 Å². The smallest absolute Gasteiger partial charge is 0.0595 e. The highest BCUT2D eigenvalue weighted by molar-refractivity contribution is 7.99. The highest BCUT2D eigenvalue weighted by Gasteiger charge is 2.42. The maximum Gasteiger partial charge on any atom is 0.0595 e. The minimum absolute atomic E-state index is 0.234. The molecule has 0 spiro atoms. The summed E-state index contributed by atoms with van der Waals surface area (Å²) in [5.41, 5.74) is 2.99. The van der Waals surface area contributed by atoms with E-state index in [0.717, 1.165) is 0 Å². The Labute approximate surface area is 112 Å². The Morgan fingerprint density at radius 1 is 1.28 bits per heavy atom. The zero-order valence-corrected chi connectivity index (χ0v) is 11.5. The van der Waals surface area contributed by atoms with Crippen molar-refractivity contribution in [1.82, 2.24) is 9.88 Å². The van der Waals surface area contributed by atoms with Crippen molar-refractivity contribution in [1.29, 1.82) is 0 Å². The van der Waals surface area contributed by atoms with E-state index >= 15 is 0 Å². The fourth-order valence-electron chi connectivity index (χ4n) is 3.56. The van der Waals surface area contributed by atoms with E-state index in [-0.39, 0.29) is 5.54 Å². The summed E-state index contributed by atoms with van der Waals surface area (Å²) in [6.07, 6.45) is 2.61. The van der Waals surface area contributed by atoms with Crippen molar-refractivity contribution >= 4 is 22.7 Å². The first-order valence-electron chi connectivity index (χ1n) is 6.78. The Morgan fingerprint density at radius 2 is 2.17 bits per heavy atom. The number of para-hydroxylation sites is 1. The predicted molar refractivity (Wildman–Crippen MR) is 77.2 cm³/mol. The van der Waals surface area contributed by atoms with Gasteiger partial charge in [0.1, 0.15) is 0 Å². The zero-order chi connectivity index (χ0) is 12.2. The highest BCUT2D eigenvalue weighted by atomic mass is 32.2. The second kappa shape index (κ2) is 3.78. The maximum absolute atomic E-state index is 3.71. The molecule has 3 heteroatoms. The van der Waals surface area contributed by atoms with Crippen LogP contribution in [-0.2, 0) is 5.54 Å². The molecule has 0 bridgehead atoms. The molecule has 0 unspecified atom stereocenters. The van der Waals surface area contributed by atoms with Crippen molar-refractivity contribution in [3.8, 4) is 0 Å². The van der Waals surface area contributed by atoms with E-state index in [0.29, 0.717) is 0 Å². The Morgan fingerprint density at radius 3 is 3.11 bits per heavy atom. The molecule has 2 nitrogen and oxygen atoms in total. The van der Waals surface area contributed by atoms with Gasteiger partial charge in [0.2, 0.25) is 0 Å². The summed E-state index contributed by atoms with van der Waals surface area (Å²) < 4.78 is 0. The number of nitrogens with one attached hydrogen (secondary N) is 1. The van der Waals surface area contributed by atoms with Crippen LogP contribution in [0.5, 0.6) is 0 Å². The van der Waals surface area contributed by atoms with Crippen LogP contribution in [0.25, 0.3) is 10.9 Å². The minimum Gasteiger partial charge on any atom is -0.356 e. The summed E-state index contributed by atoms with van der Waals surface area (Å²) in [4.78, 5) is 7.87. The van der Waals surface area contributed by atoms with Crippen LogP contribution in [0.4, 0.5) is 0 Å². The number of aromatic amines is 1. The normalized spacial score (nSPS) is 28.1. The van der Waals surface area contributed by atoms with Crippen LogP contribution in [0, 0.1) is 0 Å². The number of hydrogen-bond acceptors (Lipinski definition) is 2. The van der Waals surface area contributed by atoms with Gasteiger partial charge in [0.25, 0.3) is 0 Å². The van der Waals surface area contributed by atoms with Crippen molar-refractivity contribution in [2.45, 2.75) is 30.2 Å². The van der Waals surface area contributed by atoms with Crippen molar-refractivity contribution in [3.05, 3.63) is 30.0 Å². The molecule has 1 N–H and O–H groups in total. The molecule has 1 atom stereocenters. The first kappa shape index (κ1) is 10.9. The van der Waals surface area contributed by atoms with Gasteiger partial charge in [-0.2, -0.15) is 0 Å². The average molecular weight is 258 g/mol. The van der Waals surface area contributed by atoms with Crippen LogP contribution >= 0.6 is 11.8 Å². The van der Waals surface area contributed by atoms with E-state index in [1.165, 1.54) is 53.2 Å². The molecule has 2 aromatic rings. The second-order valence-electron chi connectivity index (χ2n) is 5.59. The number of hydrogen-bond donors (Lipinski definition) is 1. The molecule has 0 amide bonds. The van der Waals surface area contributed by atoms with Crippen molar-refractivity contribution in [2.24, 2.45) is 0 Å². The Balaban J connectivity index is 2.00. The first-order chi connectivity index (χ1) is 8.79. The van der Waals surface area contributed by atoms with Crippen molar-refractivity contribution in [2.75, 3.05) is 18.8 Å². The molecule has 0 saturated carbocycles. The standard InChI is InChI=1S/C15H18N2S/c1-15-7-4-8-17(15)9-10-18-13-11-5-2-3-6-12(11)16-14(13)15/h2-3,5-6,16H,4,7-10H2,1H3/t15-/m0/s1. The number of rotatable bonds is 0. The third-order valence-electron chi connectivity index (χ3n) is 4.59. The van der Waals surface area contributed by atoms with Crippen LogP contribution in [0.3, 0.4) is 0 Å². The van der Waals surface area contributed by atoms with Gasteiger partial charge in [0.15, 0.2) is 0 Å². The van der Waals surface area contributed by atoms with Crippen LogP contribution in [0.1, 0.15) is 25.5 Å². The Kier molecular flexibility index (Phi) is 2.30. The lowest BCUT2D eigenvalue weighted by atomic mass is 9.94. The average Bonchev–Trinajstić information content (AvgIpc) is 2.90. The third kappa shape index (κ3) is 1.35. The monoisotopic (exact) mass is 258 g/mol. The van der Waals surface area contributed by atoms with E-state index in [1.807, 2.05) is 11.8 Å². The lowest BCUT2D eigenvalue weighted by Crippen LogP contribution is -2.39. The van der Waals surface area contributed by atoms with Crippen LogP contribution in [0.2, 0.25) is 0 Å². The van der Waals surface area contributed by atoms with E-state index in [9.17, 15) is 0 Å². The largest absolute Gasteiger partial charge is 0.356 e. The fraction of sp³-hybridized carbons (Fsp3) is 0.467. The van der Waals surface area contributed by atoms with E-state index in [4.69, 9.17) is 0 Å². The highest BCUT2D eigenvalue weighted by Crippen LogP contribution is 2.47. The maximum atomic E-state index is 3.71. The van der Waals surface area contributed by atoms with Gasteiger partial charge in [-0.25, -0.2) is 0 Å². The minimum atomic E-state index is 0.234. The summed E-state index contributed by atoms with van der Waals surface area (Å²) in [6.45, 7) is 4.89. The molecule has 2 aliphatic rings. The molecule has 0 aliphatic carbocycles. The van der Waals surface area contributed by atoms with Gasteiger partial charge in [-0.05, 0) is 32.4 Å². The van der Waals surface area contributed by atoms with Gasteiger partial charge in [0.05, 0.1) is 5.54 Å². The summed E-state index contributed by atoms with van der Waals surface area (Å²) in [6, 6.07) is 8.73. The molecular formula is C15H18N2S. The van der Waals surface area contributed by atoms with Gasteiger partial charge in [0, 0.05) is 33.8 Å². The number of H-pyrrole nitrogens is 1. The van der Waals surface area contributed by atoms with Crippen LogP contribution in [0.15, 0.2) is 29.2 Å². The number of aromatic nitrogens is 1. The number of benzene rings is 1. The fourth-order valence-corrected chi connectivity index (χ4v) is 4.83. The summed E-state index contributed by atoms with van der Waals surface area (Å²) >= 11 is 2.03. The topological polar surface area (TPSA) is 19.0 Å². The van der Waals surface area contributed by atoms with Crippen LogP contribution < -0.4 is 0 Å². The molecular weight excluding hydrogens is 240 g/mol. The molecule has 4 rings (SSSR count). The Bertz CT molecular complexity index is 604. The summed E-state index contributed by atoms with van der Waals surface area (Å²) in [5, 5.41) is 1.41. The molecule has 1 aromatic heterocycles. The lowest BCUT2D eigenvalue weighted by Gasteiger charge is -2.33.